The summed E-state index contributed by atoms with van der Waals surface area (Å²) in [6.45, 7) is 4.73. The van der Waals surface area contributed by atoms with Crippen molar-refractivity contribution in [2.75, 3.05) is 18.4 Å². The molecule has 31 heavy (non-hydrogen) atoms. The van der Waals surface area contributed by atoms with Crippen molar-refractivity contribution < 1.29 is 17.9 Å². The standard InChI is InChI=1S/C22H26N4O4S/c1-4-26(5-2)31(28,29)20-12-8-18(9-13-20)24-22(27)17-6-10-19(11-7-17)30-16-21-23-14-15-25(21)3/h6-15H,4-5,16H2,1-3H3,(H,24,27). The predicted octanol–water partition coefficient (Wildman–Crippen LogP) is 3.28. The summed E-state index contributed by atoms with van der Waals surface area (Å²) in [6.07, 6.45) is 3.55. The summed E-state index contributed by atoms with van der Waals surface area (Å²) >= 11 is 0. The van der Waals surface area contributed by atoms with Gasteiger partial charge in [-0.25, -0.2) is 13.4 Å². The SMILES string of the molecule is CCN(CC)S(=O)(=O)c1ccc(NC(=O)c2ccc(OCc3nccn3C)cc2)cc1. The van der Waals surface area contributed by atoms with Gasteiger partial charge in [-0.1, -0.05) is 13.8 Å². The van der Waals surface area contributed by atoms with E-state index in [2.05, 4.69) is 10.3 Å². The summed E-state index contributed by atoms with van der Waals surface area (Å²) in [5.41, 5.74) is 0.975. The largest absolute Gasteiger partial charge is 0.486 e. The first kappa shape index (κ1) is 22.5. The number of sulfonamides is 1. The fourth-order valence-corrected chi connectivity index (χ4v) is 4.47. The van der Waals surface area contributed by atoms with Gasteiger partial charge in [-0.3, -0.25) is 4.79 Å². The van der Waals surface area contributed by atoms with Gasteiger partial charge in [-0.05, 0) is 48.5 Å². The third-order valence-electron chi connectivity index (χ3n) is 4.86. The molecule has 1 amide bonds. The van der Waals surface area contributed by atoms with Crippen LogP contribution in [0.3, 0.4) is 0 Å². The number of aromatic nitrogens is 2. The highest BCUT2D eigenvalue weighted by molar-refractivity contribution is 7.89. The van der Waals surface area contributed by atoms with Crippen LogP contribution in [0.4, 0.5) is 5.69 Å². The van der Waals surface area contributed by atoms with Crippen molar-refractivity contribution in [1.82, 2.24) is 13.9 Å². The van der Waals surface area contributed by atoms with Crippen LogP contribution in [0.15, 0.2) is 65.8 Å². The quantitative estimate of drug-likeness (QED) is 0.549. The van der Waals surface area contributed by atoms with Gasteiger partial charge in [0.25, 0.3) is 5.91 Å². The van der Waals surface area contributed by atoms with Crippen molar-refractivity contribution in [2.45, 2.75) is 25.3 Å². The van der Waals surface area contributed by atoms with Crippen molar-refractivity contribution in [2.24, 2.45) is 7.05 Å². The van der Waals surface area contributed by atoms with Crippen LogP contribution in [0.2, 0.25) is 0 Å². The molecular formula is C22H26N4O4S. The summed E-state index contributed by atoms with van der Waals surface area (Å²) in [5, 5.41) is 2.77. The predicted molar refractivity (Wildman–Crippen MR) is 118 cm³/mol. The zero-order valence-electron chi connectivity index (χ0n) is 17.8. The monoisotopic (exact) mass is 442 g/mol. The van der Waals surface area contributed by atoms with Crippen LogP contribution < -0.4 is 10.1 Å². The summed E-state index contributed by atoms with van der Waals surface area (Å²) in [7, 11) is -1.63. The maximum Gasteiger partial charge on any atom is 0.255 e. The van der Waals surface area contributed by atoms with Crippen LogP contribution in [-0.4, -0.2) is 41.3 Å². The molecule has 3 rings (SSSR count). The first-order chi connectivity index (χ1) is 14.8. The summed E-state index contributed by atoms with van der Waals surface area (Å²) in [6, 6.07) is 12.9. The Kier molecular flexibility index (Phi) is 7.09. The van der Waals surface area contributed by atoms with Crippen LogP contribution in [0.5, 0.6) is 5.75 Å². The molecule has 1 N–H and O–H groups in total. The van der Waals surface area contributed by atoms with Gasteiger partial charge in [-0.15, -0.1) is 0 Å². The number of imidazole rings is 1. The summed E-state index contributed by atoms with van der Waals surface area (Å²) in [4.78, 5) is 16.9. The number of nitrogens with one attached hydrogen (secondary N) is 1. The number of hydrogen-bond donors (Lipinski definition) is 1. The molecule has 0 saturated carbocycles. The minimum atomic E-state index is -3.53. The van der Waals surface area contributed by atoms with E-state index >= 15 is 0 Å². The van der Waals surface area contributed by atoms with Gasteiger partial charge >= 0.3 is 0 Å². The summed E-state index contributed by atoms with van der Waals surface area (Å²) < 4.78 is 34.1. The molecule has 3 aromatic rings. The van der Waals surface area contributed by atoms with Crippen molar-refractivity contribution in [3.05, 3.63) is 72.3 Å². The highest BCUT2D eigenvalue weighted by Gasteiger charge is 2.21. The number of carbonyl (C=O) groups excluding carboxylic acids is 1. The van der Waals surface area contributed by atoms with E-state index in [-0.39, 0.29) is 10.8 Å². The third-order valence-corrected chi connectivity index (χ3v) is 6.92. The Bertz CT molecular complexity index is 1120. The number of hydrogen-bond acceptors (Lipinski definition) is 5. The Labute approximate surface area is 182 Å². The molecule has 8 nitrogen and oxygen atoms in total. The number of amides is 1. The first-order valence-corrected chi connectivity index (χ1v) is 11.4. The van der Waals surface area contributed by atoms with Crippen molar-refractivity contribution in [3.63, 3.8) is 0 Å². The molecule has 164 valence electrons. The highest BCUT2D eigenvalue weighted by Crippen LogP contribution is 2.19. The minimum absolute atomic E-state index is 0.198. The number of benzene rings is 2. The lowest BCUT2D eigenvalue weighted by molar-refractivity contribution is 0.102. The summed E-state index contributed by atoms with van der Waals surface area (Å²) in [5.74, 6) is 1.13. The lowest BCUT2D eigenvalue weighted by Gasteiger charge is -2.18. The fraction of sp³-hybridized carbons (Fsp3) is 0.273. The molecule has 0 spiro atoms. The van der Waals surface area contributed by atoms with Crippen molar-refractivity contribution in [3.8, 4) is 5.75 Å². The third kappa shape index (κ3) is 5.31. The van der Waals surface area contributed by atoms with E-state index in [4.69, 9.17) is 4.74 Å². The van der Waals surface area contributed by atoms with Crippen LogP contribution in [0.25, 0.3) is 0 Å². The van der Waals surface area contributed by atoms with Crippen LogP contribution in [0.1, 0.15) is 30.0 Å². The van der Waals surface area contributed by atoms with E-state index in [1.54, 1.807) is 56.4 Å². The number of anilines is 1. The average molecular weight is 443 g/mol. The van der Waals surface area contributed by atoms with E-state index in [0.29, 0.717) is 36.7 Å². The van der Waals surface area contributed by atoms with Gasteiger partial charge in [-0.2, -0.15) is 4.31 Å². The first-order valence-electron chi connectivity index (χ1n) is 9.95. The van der Waals surface area contributed by atoms with Gasteiger partial charge in [0.1, 0.15) is 18.2 Å². The van der Waals surface area contributed by atoms with E-state index in [1.165, 1.54) is 16.4 Å². The number of rotatable bonds is 9. The molecular weight excluding hydrogens is 416 g/mol. The van der Waals surface area contributed by atoms with Crippen molar-refractivity contribution in [1.29, 1.82) is 0 Å². The van der Waals surface area contributed by atoms with Crippen LogP contribution in [-0.2, 0) is 23.7 Å². The van der Waals surface area contributed by atoms with E-state index in [0.717, 1.165) is 5.82 Å². The molecule has 2 aromatic carbocycles. The lowest BCUT2D eigenvalue weighted by Crippen LogP contribution is -2.30. The second-order valence-corrected chi connectivity index (χ2v) is 8.77. The Balaban J connectivity index is 1.61. The van der Waals surface area contributed by atoms with Gasteiger partial charge in [0.2, 0.25) is 10.0 Å². The molecule has 1 aromatic heterocycles. The highest BCUT2D eigenvalue weighted by atomic mass is 32.2. The zero-order chi connectivity index (χ0) is 22.4. The smallest absolute Gasteiger partial charge is 0.255 e. The molecule has 0 radical (unpaired) electrons. The molecule has 0 unspecified atom stereocenters. The molecule has 9 heteroatoms. The molecule has 0 bridgehead atoms. The molecule has 0 fully saturated rings. The Morgan fingerprint density at radius 1 is 1.06 bits per heavy atom. The molecule has 0 aliphatic rings. The van der Waals surface area contributed by atoms with E-state index < -0.39 is 10.0 Å². The van der Waals surface area contributed by atoms with Gasteiger partial charge < -0.3 is 14.6 Å². The van der Waals surface area contributed by atoms with Crippen LogP contribution >= 0.6 is 0 Å². The van der Waals surface area contributed by atoms with Crippen LogP contribution in [0, 0.1) is 0 Å². The average Bonchev–Trinajstić information content (AvgIpc) is 3.18. The zero-order valence-corrected chi connectivity index (χ0v) is 18.6. The van der Waals surface area contributed by atoms with Gasteiger partial charge in [0.15, 0.2) is 0 Å². The second-order valence-electron chi connectivity index (χ2n) is 6.84. The molecule has 1 heterocycles. The Morgan fingerprint density at radius 2 is 1.71 bits per heavy atom. The molecule has 0 atom stereocenters. The molecule has 0 saturated heterocycles. The minimum Gasteiger partial charge on any atom is -0.486 e. The van der Waals surface area contributed by atoms with Crippen molar-refractivity contribution >= 4 is 21.6 Å². The number of aryl methyl sites for hydroxylation is 1. The number of nitrogens with zero attached hydrogens (tertiary/aromatic N) is 3. The molecule has 0 aliphatic carbocycles. The van der Waals surface area contributed by atoms with Gasteiger partial charge in [0.05, 0.1) is 4.90 Å². The Morgan fingerprint density at radius 3 is 2.26 bits per heavy atom. The fourth-order valence-electron chi connectivity index (χ4n) is 3.01. The maximum atomic E-state index is 12.5. The number of ether oxygens (including phenoxy) is 1. The molecule has 0 aliphatic heterocycles. The maximum absolute atomic E-state index is 12.5. The van der Waals surface area contributed by atoms with Gasteiger partial charge in [0, 0.05) is 43.8 Å². The normalized spacial score (nSPS) is 11.5. The Hall–Kier alpha value is -3.17. The number of carbonyl (C=O) groups is 1. The van der Waals surface area contributed by atoms with E-state index in [9.17, 15) is 13.2 Å². The second kappa shape index (κ2) is 9.76. The topological polar surface area (TPSA) is 93.5 Å². The van der Waals surface area contributed by atoms with E-state index in [1.807, 2.05) is 17.8 Å². The lowest BCUT2D eigenvalue weighted by atomic mass is 10.2.